The van der Waals surface area contributed by atoms with Crippen molar-refractivity contribution >= 4 is 12.0 Å². The molecule has 1 amide bonds. The van der Waals surface area contributed by atoms with Gasteiger partial charge in [0.25, 0.3) is 5.56 Å². The molecule has 1 aliphatic rings. The van der Waals surface area contributed by atoms with Gasteiger partial charge in [-0.15, -0.1) is 0 Å². The summed E-state index contributed by atoms with van der Waals surface area (Å²) < 4.78 is 5.68. The lowest BCUT2D eigenvalue weighted by Crippen LogP contribution is -2.42. The minimum atomic E-state index is -0.381. The molecule has 0 radical (unpaired) electrons. The molecular weight excluding hydrogens is 306 g/mol. The van der Waals surface area contributed by atoms with Gasteiger partial charge in [-0.1, -0.05) is 30.3 Å². The Bertz CT molecular complexity index is 799. The van der Waals surface area contributed by atoms with E-state index in [4.69, 9.17) is 4.74 Å². The molecule has 1 atom stereocenters. The van der Waals surface area contributed by atoms with E-state index in [2.05, 4.69) is 9.97 Å². The highest BCUT2D eigenvalue weighted by molar-refractivity contribution is 5.91. The number of benzene rings is 1. The van der Waals surface area contributed by atoms with Gasteiger partial charge in [0.2, 0.25) is 5.91 Å². The zero-order valence-electron chi connectivity index (χ0n) is 13.4. The number of nitrogens with zero attached hydrogens (tertiary/aromatic N) is 2. The first-order valence-corrected chi connectivity index (χ1v) is 7.83. The molecule has 2 heterocycles. The zero-order chi connectivity index (χ0) is 16.9. The highest BCUT2D eigenvalue weighted by Crippen LogP contribution is 2.20. The van der Waals surface area contributed by atoms with Crippen molar-refractivity contribution < 1.29 is 9.53 Å². The minimum Gasteiger partial charge on any atom is -0.368 e. The summed E-state index contributed by atoms with van der Waals surface area (Å²) in [5, 5.41) is 0. The number of morpholine rings is 1. The van der Waals surface area contributed by atoms with E-state index in [1.54, 1.807) is 24.0 Å². The molecule has 1 aliphatic heterocycles. The maximum atomic E-state index is 12.4. The van der Waals surface area contributed by atoms with Crippen LogP contribution in [0.2, 0.25) is 0 Å². The van der Waals surface area contributed by atoms with Gasteiger partial charge in [-0.3, -0.25) is 9.59 Å². The largest absolute Gasteiger partial charge is 0.368 e. The van der Waals surface area contributed by atoms with Crippen molar-refractivity contribution in [3.63, 3.8) is 0 Å². The summed E-state index contributed by atoms with van der Waals surface area (Å²) in [6.07, 6.45) is 2.98. The average Bonchev–Trinajstić information content (AvgIpc) is 2.60. The second-order valence-electron chi connectivity index (χ2n) is 5.64. The molecule has 1 fully saturated rings. The first-order valence-electron chi connectivity index (χ1n) is 7.83. The van der Waals surface area contributed by atoms with Crippen LogP contribution in [0.25, 0.3) is 6.08 Å². The van der Waals surface area contributed by atoms with Gasteiger partial charge < -0.3 is 14.6 Å². The summed E-state index contributed by atoms with van der Waals surface area (Å²) in [6, 6.07) is 11.1. The van der Waals surface area contributed by atoms with E-state index < -0.39 is 0 Å². The number of hydrogen-bond donors (Lipinski definition) is 1. The number of hydrogen-bond acceptors (Lipinski definition) is 4. The quantitative estimate of drug-likeness (QED) is 0.872. The van der Waals surface area contributed by atoms with Crippen LogP contribution in [0.15, 0.2) is 47.3 Å². The summed E-state index contributed by atoms with van der Waals surface area (Å²) in [4.78, 5) is 32.6. The summed E-state index contributed by atoms with van der Waals surface area (Å²) in [6.45, 7) is 3.05. The number of aromatic amines is 1. The molecule has 24 heavy (non-hydrogen) atoms. The molecule has 6 nitrogen and oxygen atoms in total. The maximum absolute atomic E-state index is 12.4. The van der Waals surface area contributed by atoms with Crippen molar-refractivity contribution in [2.75, 3.05) is 19.7 Å². The van der Waals surface area contributed by atoms with Crippen LogP contribution in [-0.4, -0.2) is 40.5 Å². The van der Waals surface area contributed by atoms with Crippen LogP contribution in [0, 0.1) is 6.92 Å². The minimum absolute atomic E-state index is 0.0753. The van der Waals surface area contributed by atoms with Gasteiger partial charge in [0.05, 0.1) is 18.8 Å². The topological polar surface area (TPSA) is 75.3 Å². The van der Waals surface area contributed by atoms with Crippen molar-refractivity contribution in [1.82, 2.24) is 14.9 Å². The lowest BCUT2D eigenvalue weighted by Gasteiger charge is -2.32. The third kappa shape index (κ3) is 3.97. The van der Waals surface area contributed by atoms with E-state index in [0.29, 0.717) is 31.2 Å². The second kappa shape index (κ2) is 7.23. The summed E-state index contributed by atoms with van der Waals surface area (Å²) >= 11 is 0. The highest BCUT2D eigenvalue weighted by atomic mass is 16.5. The van der Waals surface area contributed by atoms with E-state index in [1.807, 2.05) is 30.3 Å². The average molecular weight is 325 g/mol. The Labute approximate surface area is 139 Å². The number of rotatable bonds is 3. The van der Waals surface area contributed by atoms with Crippen molar-refractivity contribution in [1.29, 1.82) is 0 Å². The van der Waals surface area contributed by atoms with Crippen LogP contribution in [0.1, 0.15) is 23.2 Å². The van der Waals surface area contributed by atoms with E-state index in [-0.39, 0.29) is 17.6 Å². The molecule has 1 saturated heterocycles. The van der Waals surface area contributed by atoms with E-state index in [0.717, 1.165) is 5.56 Å². The Hall–Kier alpha value is -2.73. The van der Waals surface area contributed by atoms with E-state index in [1.165, 1.54) is 6.07 Å². The lowest BCUT2D eigenvalue weighted by molar-refractivity contribution is -0.133. The molecule has 1 aromatic heterocycles. The molecule has 0 aliphatic carbocycles. The first kappa shape index (κ1) is 16.1. The first-order chi connectivity index (χ1) is 11.6. The van der Waals surface area contributed by atoms with E-state index >= 15 is 0 Å². The predicted molar refractivity (Wildman–Crippen MR) is 90.3 cm³/mol. The Balaban J connectivity index is 1.70. The Morgan fingerprint density at radius 1 is 1.38 bits per heavy atom. The highest BCUT2D eigenvalue weighted by Gasteiger charge is 2.25. The molecule has 3 rings (SSSR count). The standard InChI is InChI=1S/C18H19N3O3/c1-13-19-15(11-17(22)20-13)16-12-21(9-10-24-16)18(23)8-7-14-5-3-2-4-6-14/h2-8,11,16H,9-10,12H2,1H3,(H,19,20,22)/b8-7+. The van der Waals surface area contributed by atoms with Crippen LogP contribution in [0.4, 0.5) is 0 Å². The molecule has 1 N–H and O–H groups in total. The van der Waals surface area contributed by atoms with Gasteiger partial charge in [0, 0.05) is 18.7 Å². The maximum Gasteiger partial charge on any atom is 0.251 e. The summed E-state index contributed by atoms with van der Waals surface area (Å²) in [7, 11) is 0. The number of carbonyl (C=O) groups is 1. The van der Waals surface area contributed by atoms with Gasteiger partial charge in [0.15, 0.2) is 0 Å². The van der Waals surface area contributed by atoms with E-state index in [9.17, 15) is 9.59 Å². The number of nitrogens with one attached hydrogen (secondary N) is 1. The van der Waals surface area contributed by atoms with Crippen LogP contribution >= 0.6 is 0 Å². The van der Waals surface area contributed by atoms with Crippen molar-refractivity contribution in [3.05, 3.63) is 69.9 Å². The number of ether oxygens (including phenoxy) is 1. The zero-order valence-corrected chi connectivity index (χ0v) is 13.4. The Morgan fingerprint density at radius 3 is 2.92 bits per heavy atom. The van der Waals surface area contributed by atoms with Crippen molar-refractivity contribution in [3.8, 4) is 0 Å². The van der Waals surface area contributed by atoms with Crippen LogP contribution in [-0.2, 0) is 9.53 Å². The second-order valence-corrected chi connectivity index (χ2v) is 5.64. The normalized spacial score (nSPS) is 18.0. The molecule has 6 heteroatoms. The number of aryl methyl sites for hydroxylation is 1. The van der Waals surface area contributed by atoms with Crippen molar-refractivity contribution in [2.45, 2.75) is 13.0 Å². The third-order valence-corrected chi connectivity index (χ3v) is 3.81. The number of carbonyl (C=O) groups excluding carboxylic acids is 1. The molecule has 0 saturated carbocycles. The Kier molecular flexibility index (Phi) is 4.86. The predicted octanol–water partition coefficient (Wildman–Crippen LogP) is 1.69. The number of H-pyrrole nitrogens is 1. The molecule has 124 valence electrons. The third-order valence-electron chi connectivity index (χ3n) is 3.81. The fourth-order valence-electron chi connectivity index (χ4n) is 2.63. The lowest BCUT2D eigenvalue weighted by atomic mass is 10.2. The molecular formula is C18H19N3O3. The van der Waals surface area contributed by atoms with Gasteiger partial charge in [-0.2, -0.15) is 0 Å². The van der Waals surface area contributed by atoms with Crippen LogP contribution in [0.3, 0.4) is 0 Å². The molecule has 0 bridgehead atoms. The van der Waals surface area contributed by atoms with Gasteiger partial charge in [-0.25, -0.2) is 4.98 Å². The van der Waals surface area contributed by atoms with Crippen molar-refractivity contribution in [2.24, 2.45) is 0 Å². The van der Waals surface area contributed by atoms with Crippen LogP contribution in [0.5, 0.6) is 0 Å². The molecule has 1 aromatic carbocycles. The number of amides is 1. The number of aromatic nitrogens is 2. The fraction of sp³-hybridized carbons (Fsp3) is 0.278. The molecule has 1 unspecified atom stereocenters. The van der Waals surface area contributed by atoms with Gasteiger partial charge in [-0.05, 0) is 18.6 Å². The Morgan fingerprint density at radius 2 is 2.17 bits per heavy atom. The van der Waals surface area contributed by atoms with Gasteiger partial charge >= 0.3 is 0 Å². The van der Waals surface area contributed by atoms with Gasteiger partial charge in [0.1, 0.15) is 11.9 Å². The smallest absolute Gasteiger partial charge is 0.251 e. The van der Waals surface area contributed by atoms with Crippen LogP contribution < -0.4 is 5.56 Å². The summed E-state index contributed by atoms with van der Waals surface area (Å²) in [5.41, 5.74) is 1.32. The SMILES string of the molecule is Cc1nc(C2CN(C(=O)/C=C/c3ccccc3)CCO2)cc(=O)[nH]1. The monoisotopic (exact) mass is 325 g/mol. The molecule has 0 spiro atoms. The molecule has 2 aromatic rings. The fourth-order valence-corrected chi connectivity index (χ4v) is 2.63. The summed E-state index contributed by atoms with van der Waals surface area (Å²) in [5.74, 6) is 0.460.